The van der Waals surface area contributed by atoms with Gasteiger partial charge in [0.05, 0.1) is 12.9 Å². The Bertz CT molecular complexity index is 464. The van der Waals surface area contributed by atoms with Crippen LogP contribution in [0.3, 0.4) is 0 Å². The smallest absolute Gasteiger partial charge is 0.325 e. The molecule has 0 aliphatic heterocycles. The quantitative estimate of drug-likeness (QED) is 0.543. The summed E-state index contributed by atoms with van der Waals surface area (Å²) in [5.74, 6) is 0.823. The molecule has 0 aliphatic carbocycles. The van der Waals surface area contributed by atoms with Gasteiger partial charge in [-0.15, -0.1) is 0 Å². The number of carbonyl (C=O) groups is 2. The molecule has 4 nitrogen and oxygen atoms in total. The number of halogens is 1. The van der Waals surface area contributed by atoms with Crippen molar-refractivity contribution in [3.05, 3.63) is 34.9 Å². The van der Waals surface area contributed by atoms with E-state index in [1.54, 1.807) is 23.9 Å². The molecular weight excluding hydrogens is 310 g/mol. The molecule has 0 saturated carbocycles. The molecule has 0 bridgehead atoms. The van der Waals surface area contributed by atoms with Crippen molar-refractivity contribution in [1.82, 2.24) is 4.90 Å². The number of benzene rings is 1. The first-order valence-electron chi connectivity index (χ1n) is 6.73. The van der Waals surface area contributed by atoms with Crippen molar-refractivity contribution in [2.24, 2.45) is 0 Å². The molecule has 0 fully saturated rings. The average molecular weight is 330 g/mol. The number of amides is 1. The standard InChI is InChI=1S/C15H20ClNO3S/c1-3-8-21-11-14(18)17(10-15(19)20-2)9-12-4-6-13(16)7-5-12/h4-7H,3,8-11H2,1-2H3. The van der Waals surface area contributed by atoms with Crippen LogP contribution in [0.5, 0.6) is 0 Å². The summed E-state index contributed by atoms with van der Waals surface area (Å²) in [6, 6.07) is 7.23. The van der Waals surface area contributed by atoms with Crippen LogP contribution in [0.2, 0.25) is 5.02 Å². The Morgan fingerprint density at radius 3 is 2.52 bits per heavy atom. The Kier molecular flexibility index (Phi) is 8.23. The van der Waals surface area contributed by atoms with E-state index in [0.29, 0.717) is 17.3 Å². The number of esters is 1. The Morgan fingerprint density at radius 2 is 1.95 bits per heavy atom. The molecule has 0 atom stereocenters. The van der Waals surface area contributed by atoms with Crippen LogP contribution in [0, 0.1) is 0 Å². The van der Waals surface area contributed by atoms with E-state index in [9.17, 15) is 9.59 Å². The molecule has 0 radical (unpaired) electrons. The molecule has 116 valence electrons. The number of rotatable bonds is 8. The molecule has 1 aromatic carbocycles. The lowest BCUT2D eigenvalue weighted by Gasteiger charge is -2.21. The predicted molar refractivity (Wildman–Crippen MR) is 86.5 cm³/mol. The molecule has 0 unspecified atom stereocenters. The van der Waals surface area contributed by atoms with Gasteiger partial charge in [0, 0.05) is 11.6 Å². The van der Waals surface area contributed by atoms with Gasteiger partial charge in [0.2, 0.25) is 5.91 Å². The van der Waals surface area contributed by atoms with E-state index in [1.165, 1.54) is 12.0 Å². The number of hydrogen-bond donors (Lipinski definition) is 0. The first kappa shape index (κ1) is 17.9. The fourth-order valence-corrected chi connectivity index (χ4v) is 2.57. The third-order valence-electron chi connectivity index (χ3n) is 2.76. The summed E-state index contributed by atoms with van der Waals surface area (Å²) in [6.45, 7) is 2.40. The highest BCUT2D eigenvalue weighted by Gasteiger charge is 2.17. The van der Waals surface area contributed by atoms with Gasteiger partial charge < -0.3 is 9.64 Å². The van der Waals surface area contributed by atoms with E-state index in [4.69, 9.17) is 11.6 Å². The van der Waals surface area contributed by atoms with E-state index in [-0.39, 0.29) is 12.5 Å². The minimum absolute atomic E-state index is 0.0371. The van der Waals surface area contributed by atoms with Crippen molar-refractivity contribution < 1.29 is 14.3 Å². The van der Waals surface area contributed by atoms with E-state index in [2.05, 4.69) is 11.7 Å². The highest BCUT2D eigenvalue weighted by molar-refractivity contribution is 7.99. The van der Waals surface area contributed by atoms with E-state index in [0.717, 1.165) is 17.7 Å². The second kappa shape index (κ2) is 9.68. The normalized spacial score (nSPS) is 10.2. The van der Waals surface area contributed by atoms with Crippen LogP contribution in [0.25, 0.3) is 0 Å². The van der Waals surface area contributed by atoms with E-state index in [1.807, 2.05) is 12.1 Å². The van der Waals surface area contributed by atoms with Crippen molar-refractivity contribution in [2.45, 2.75) is 19.9 Å². The third-order valence-corrected chi connectivity index (χ3v) is 4.16. The van der Waals surface area contributed by atoms with Crippen molar-refractivity contribution in [3.63, 3.8) is 0 Å². The van der Waals surface area contributed by atoms with Crippen molar-refractivity contribution in [3.8, 4) is 0 Å². The first-order chi connectivity index (χ1) is 10.1. The van der Waals surface area contributed by atoms with Gasteiger partial charge in [-0.05, 0) is 29.9 Å². The monoisotopic (exact) mass is 329 g/mol. The van der Waals surface area contributed by atoms with Crippen LogP contribution in [0.1, 0.15) is 18.9 Å². The van der Waals surface area contributed by atoms with Gasteiger partial charge >= 0.3 is 5.97 Å². The Balaban J connectivity index is 2.69. The van der Waals surface area contributed by atoms with Gasteiger partial charge in [0.1, 0.15) is 6.54 Å². The van der Waals surface area contributed by atoms with Crippen molar-refractivity contribution in [2.75, 3.05) is 25.2 Å². The van der Waals surface area contributed by atoms with E-state index < -0.39 is 5.97 Å². The second-order valence-electron chi connectivity index (χ2n) is 4.50. The third kappa shape index (κ3) is 6.87. The molecule has 0 saturated heterocycles. The summed E-state index contributed by atoms with van der Waals surface area (Å²) in [6.07, 6.45) is 1.02. The molecule has 6 heteroatoms. The number of carbonyl (C=O) groups excluding carboxylic acids is 2. The number of nitrogens with zero attached hydrogens (tertiary/aromatic N) is 1. The summed E-state index contributed by atoms with van der Waals surface area (Å²) in [7, 11) is 1.32. The maximum atomic E-state index is 12.2. The maximum Gasteiger partial charge on any atom is 0.325 e. The zero-order valence-electron chi connectivity index (χ0n) is 12.3. The molecule has 1 rings (SSSR count). The van der Waals surface area contributed by atoms with Crippen LogP contribution in [-0.2, 0) is 20.9 Å². The Hall–Kier alpha value is -1.20. The number of methoxy groups -OCH3 is 1. The van der Waals surface area contributed by atoms with Crippen molar-refractivity contribution >= 4 is 35.2 Å². The average Bonchev–Trinajstić information content (AvgIpc) is 2.48. The van der Waals surface area contributed by atoms with Gasteiger partial charge in [-0.3, -0.25) is 9.59 Å². The molecule has 1 amide bonds. The van der Waals surface area contributed by atoms with Crippen LogP contribution in [-0.4, -0.2) is 41.9 Å². The van der Waals surface area contributed by atoms with Crippen LogP contribution in [0.4, 0.5) is 0 Å². The SMILES string of the molecule is CCCSCC(=O)N(CC(=O)OC)Cc1ccc(Cl)cc1. The summed E-state index contributed by atoms with van der Waals surface area (Å²) in [5.41, 5.74) is 0.928. The molecule has 0 heterocycles. The fourth-order valence-electron chi connectivity index (χ4n) is 1.66. The minimum Gasteiger partial charge on any atom is -0.468 e. The lowest BCUT2D eigenvalue weighted by Crippen LogP contribution is -2.36. The highest BCUT2D eigenvalue weighted by atomic mass is 35.5. The van der Waals surface area contributed by atoms with Gasteiger partial charge in [-0.25, -0.2) is 0 Å². The maximum absolute atomic E-state index is 12.2. The van der Waals surface area contributed by atoms with Gasteiger partial charge in [-0.1, -0.05) is 30.7 Å². The molecule has 0 spiro atoms. The molecule has 0 aromatic heterocycles. The first-order valence-corrected chi connectivity index (χ1v) is 8.26. The molecule has 0 N–H and O–H groups in total. The molecular formula is C15H20ClNO3S. The summed E-state index contributed by atoms with van der Waals surface area (Å²) >= 11 is 7.42. The molecule has 21 heavy (non-hydrogen) atoms. The number of hydrogen-bond acceptors (Lipinski definition) is 4. The lowest BCUT2D eigenvalue weighted by molar-refractivity contribution is -0.146. The molecule has 0 aliphatic rings. The summed E-state index contributed by atoms with van der Waals surface area (Å²) < 4.78 is 4.65. The van der Waals surface area contributed by atoms with Crippen LogP contribution < -0.4 is 0 Å². The number of ether oxygens (including phenoxy) is 1. The molecule has 1 aromatic rings. The minimum atomic E-state index is -0.419. The topological polar surface area (TPSA) is 46.6 Å². The zero-order chi connectivity index (χ0) is 15.7. The largest absolute Gasteiger partial charge is 0.468 e. The zero-order valence-corrected chi connectivity index (χ0v) is 13.9. The number of thioether (sulfide) groups is 1. The van der Waals surface area contributed by atoms with Gasteiger partial charge in [0.15, 0.2) is 0 Å². The van der Waals surface area contributed by atoms with Crippen LogP contribution in [0.15, 0.2) is 24.3 Å². The predicted octanol–water partition coefficient (Wildman–Crippen LogP) is 2.98. The Labute approximate surface area is 134 Å². The highest BCUT2D eigenvalue weighted by Crippen LogP contribution is 2.13. The second-order valence-corrected chi connectivity index (χ2v) is 6.05. The van der Waals surface area contributed by atoms with Gasteiger partial charge in [-0.2, -0.15) is 11.8 Å². The van der Waals surface area contributed by atoms with E-state index >= 15 is 0 Å². The summed E-state index contributed by atoms with van der Waals surface area (Å²) in [5, 5.41) is 0.642. The fraction of sp³-hybridized carbons (Fsp3) is 0.467. The lowest BCUT2D eigenvalue weighted by atomic mass is 10.2. The van der Waals surface area contributed by atoms with Crippen molar-refractivity contribution in [1.29, 1.82) is 0 Å². The van der Waals surface area contributed by atoms with Crippen LogP contribution >= 0.6 is 23.4 Å². The summed E-state index contributed by atoms with van der Waals surface area (Å²) in [4.78, 5) is 25.2. The van der Waals surface area contributed by atoms with Gasteiger partial charge in [0.25, 0.3) is 0 Å². The Morgan fingerprint density at radius 1 is 1.29 bits per heavy atom.